The molecule has 1 fully saturated rings. The second kappa shape index (κ2) is 4.07. The van der Waals surface area contributed by atoms with Crippen LogP contribution >= 0.6 is 0 Å². The van der Waals surface area contributed by atoms with Crippen molar-refractivity contribution in [1.29, 1.82) is 0 Å². The third-order valence-electron chi connectivity index (χ3n) is 3.51. The Morgan fingerprint density at radius 3 is 3.06 bits per heavy atom. The molecule has 0 unspecified atom stereocenters. The molecule has 2 aliphatic heterocycles. The Labute approximate surface area is 104 Å². The normalized spacial score (nSPS) is 20.3. The van der Waals surface area contributed by atoms with Crippen LogP contribution in [0.25, 0.3) is 0 Å². The number of halogens is 1. The van der Waals surface area contributed by atoms with E-state index in [1.807, 2.05) is 0 Å². The number of carbonyl (C=O) groups excluding carboxylic acids is 1. The third-order valence-corrected chi connectivity index (χ3v) is 3.51. The Morgan fingerprint density at radius 1 is 1.67 bits per heavy atom. The summed E-state index contributed by atoms with van der Waals surface area (Å²) in [6.45, 7) is 4.23. The minimum atomic E-state index is -0.599. The second-order valence-corrected chi connectivity index (χ2v) is 4.60. The van der Waals surface area contributed by atoms with E-state index in [2.05, 4.69) is 5.32 Å². The van der Waals surface area contributed by atoms with Crippen molar-refractivity contribution in [3.05, 3.63) is 23.3 Å². The molecule has 2 aliphatic rings. The molecule has 1 spiro atoms. The van der Waals surface area contributed by atoms with Gasteiger partial charge in [0.1, 0.15) is 5.54 Å². The zero-order valence-corrected chi connectivity index (χ0v) is 10.2. The fraction of sp³-hybridized carbons (Fsp3) is 0.583. The van der Waals surface area contributed by atoms with Gasteiger partial charge in [-0.25, -0.2) is 9.18 Å². The highest BCUT2D eigenvalue weighted by Crippen LogP contribution is 2.34. The molecule has 3 rings (SSSR count). The van der Waals surface area contributed by atoms with Gasteiger partial charge in [0.2, 0.25) is 0 Å². The molecule has 0 bridgehead atoms. The molecule has 0 aliphatic carbocycles. The third kappa shape index (κ3) is 1.49. The van der Waals surface area contributed by atoms with Gasteiger partial charge < -0.3 is 19.4 Å². The zero-order valence-electron chi connectivity index (χ0n) is 10.2. The van der Waals surface area contributed by atoms with Crippen molar-refractivity contribution in [2.45, 2.75) is 19.0 Å². The molecule has 1 saturated heterocycles. The van der Waals surface area contributed by atoms with Gasteiger partial charge in [-0.15, -0.1) is 0 Å². The molecule has 1 aromatic rings. The van der Waals surface area contributed by atoms with Crippen LogP contribution in [-0.2, 0) is 21.6 Å². The van der Waals surface area contributed by atoms with E-state index in [4.69, 9.17) is 9.47 Å². The van der Waals surface area contributed by atoms with Crippen LogP contribution in [0.3, 0.4) is 0 Å². The summed E-state index contributed by atoms with van der Waals surface area (Å²) >= 11 is 0. The lowest BCUT2D eigenvalue weighted by Gasteiger charge is -2.45. The first kappa shape index (κ1) is 11.7. The number of fused-ring (bicyclic) bond motifs is 2. The largest absolute Gasteiger partial charge is 0.461 e. The Morgan fingerprint density at radius 2 is 2.44 bits per heavy atom. The molecule has 5 nitrogen and oxygen atoms in total. The predicted octanol–water partition coefficient (Wildman–Crippen LogP) is 0.633. The second-order valence-electron chi connectivity index (χ2n) is 4.60. The number of rotatable bonds is 2. The van der Waals surface area contributed by atoms with Gasteiger partial charge in [0.05, 0.1) is 19.8 Å². The highest BCUT2D eigenvalue weighted by atomic mass is 19.1. The summed E-state index contributed by atoms with van der Waals surface area (Å²) in [7, 11) is 0. The first-order valence-electron chi connectivity index (χ1n) is 6.07. The molecule has 18 heavy (non-hydrogen) atoms. The van der Waals surface area contributed by atoms with Crippen molar-refractivity contribution in [2.24, 2.45) is 0 Å². The van der Waals surface area contributed by atoms with E-state index in [0.717, 1.165) is 5.69 Å². The van der Waals surface area contributed by atoms with Gasteiger partial charge in [0.25, 0.3) is 0 Å². The molecule has 0 radical (unpaired) electrons. The number of aromatic nitrogens is 1. The van der Waals surface area contributed by atoms with Gasteiger partial charge in [-0.2, -0.15) is 0 Å². The van der Waals surface area contributed by atoms with Crippen molar-refractivity contribution >= 4 is 5.97 Å². The summed E-state index contributed by atoms with van der Waals surface area (Å²) in [4.78, 5) is 11.8. The van der Waals surface area contributed by atoms with Gasteiger partial charge in [0.15, 0.2) is 11.5 Å². The summed E-state index contributed by atoms with van der Waals surface area (Å²) in [6.07, 6.45) is 0. The van der Waals surface area contributed by atoms with Gasteiger partial charge in [-0.1, -0.05) is 0 Å². The van der Waals surface area contributed by atoms with Crippen LogP contribution in [0.2, 0.25) is 0 Å². The number of esters is 1. The van der Waals surface area contributed by atoms with Crippen molar-refractivity contribution < 1.29 is 18.7 Å². The number of hydrogen-bond donors (Lipinski definition) is 1. The molecule has 0 amide bonds. The summed E-state index contributed by atoms with van der Waals surface area (Å²) in [5.41, 5.74) is 0.476. The lowest BCUT2D eigenvalue weighted by molar-refractivity contribution is -0.0878. The molecule has 6 heteroatoms. The molecule has 0 aromatic carbocycles. The SMILES string of the molecule is CCOC(=O)c1c(F)cc2n1CCNC21COC1. The number of hydrogen-bond acceptors (Lipinski definition) is 4. The topological polar surface area (TPSA) is 52.5 Å². The summed E-state index contributed by atoms with van der Waals surface area (Å²) in [5, 5.41) is 3.34. The molecule has 0 atom stereocenters. The molecule has 1 aromatic heterocycles. The Hall–Kier alpha value is -1.40. The van der Waals surface area contributed by atoms with E-state index in [1.54, 1.807) is 11.5 Å². The van der Waals surface area contributed by atoms with Gasteiger partial charge >= 0.3 is 5.97 Å². The minimum Gasteiger partial charge on any atom is -0.461 e. The van der Waals surface area contributed by atoms with Crippen LogP contribution in [0.5, 0.6) is 0 Å². The standard InChI is InChI=1S/C12H15FN2O3/c1-2-18-11(16)10-8(13)5-9-12(6-17-7-12)14-3-4-15(9)10/h5,14H,2-4,6-7H2,1H3. The monoisotopic (exact) mass is 254 g/mol. The Kier molecular flexibility index (Phi) is 2.64. The van der Waals surface area contributed by atoms with Crippen molar-refractivity contribution in [1.82, 2.24) is 9.88 Å². The van der Waals surface area contributed by atoms with E-state index < -0.39 is 11.8 Å². The van der Waals surface area contributed by atoms with E-state index in [0.29, 0.717) is 26.3 Å². The number of ether oxygens (including phenoxy) is 2. The molecule has 0 saturated carbocycles. The lowest BCUT2D eigenvalue weighted by atomic mass is 9.91. The first-order valence-corrected chi connectivity index (χ1v) is 6.07. The average molecular weight is 254 g/mol. The predicted molar refractivity (Wildman–Crippen MR) is 60.8 cm³/mol. The van der Waals surface area contributed by atoms with Gasteiger partial charge in [-0.3, -0.25) is 0 Å². The van der Waals surface area contributed by atoms with E-state index in [9.17, 15) is 9.18 Å². The van der Waals surface area contributed by atoms with E-state index in [1.165, 1.54) is 6.07 Å². The number of carbonyl (C=O) groups is 1. The fourth-order valence-electron chi connectivity index (χ4n) is 2.61. The van der Waals surface area contributed by atoms with Crippen LogP contribution in [-0.4, -0.2) is 36.9 Å². The molecule has 3 heterocycles. The van der Waals surface area contributed by atoms with Crippen LogP contribution in [0.1, 0.15) is 23.1 Å². The minimum absolute atomic E-state index is 0.0274. The average Bonchev–Trinajstić information content (AvgIpc) is 2.63. The molecule has 98 valence electrons. The summed E-state index contributed by atoms with van der Waals surface area (Å²) in [6, 6.07) is 1.42. The maximum atomic E-state index is 14.0. The molecular weight excluding hydrogens is 239 g/mol. The Balaban J connectivity index is 2.04. The van der Waals surface area contributed by atoms with Crippen molar-refractivity contribution in [3.8, 4) is 0 Å². The number of nitrogens with zero attached hydrogens (tertiary/aromatic N) is 1. The van der Waals surface area contributed by atoms with Gasteiger partial charge in [-0.05, 0) is 13.0 Å². The fourth-order valence-corrected chi connectivity index (χ4v) is 2.61. The smallest absolute Gasteiger partial charge is 0.358 e. The highest BCUT2D eigenvalue weighted by molar-refractivity contribution is 5.88. The first-order chi connectivity index (χ1) is 8.68. The lowest BCUT2D eigenvalue weighted by Crippen LogP contribution is -2.61. The van der Waals surface area contributed by atoms with E-state index in [-0.39, 0.29) is 17.8 Å². The summed E-state index contributed by atoms with van der Waals surface area (Å²) in [5.74, 6) is -1.11. The summed E-state index contributed by atoms with van der Waals surface area (Å²) < 4.78 is 25.8. The molecular formula is C12H15FN2O3. The highest BCUT2D eigenvalue weighted by Gasteiger charge is 2.46. The van der Waals surface area contributed by atoms with Crippen LogP contribution in [0, 0.1) is 5.82 Å². The molecule has 1 N–H and O–H groups in total. The quantitative estimate of drug-likeness (QED) is 0.787. The maximum Gasteiger partial charge on any atom is 0.358 e. The Bertz CT molecular complexity index is 494. The maximum absolute atomic E-state index is 14.0. The van der Waals surface area contributed by atoms with Crippen LogP contribution in [0.15, 0.2) is 6.07 Å². The number of nitrogens with one attached hydrogen (secondary N) is 1. The van der Waals surface area contributed by atoms with Crippen LogP contribution < -0.4 is 5.32 Å². The van der Waals surface area contributed by atoms with Crippen molar-refractivity contribution in [2.75, 3.05) is 26.4 Å². The van der Waals surface area contributed by atoms with Gasteiger partial charge in [0, 0.05) is 18.8 Å². The zero-order chi connectivity index (χ0) is 12.8. The van der Waals surface area contributed by atoms with E-state index >= 15 is 0 Å². The van der Waals surface area contributed by atoms with Crippen LogP contribution in [0.4, 0.5) is 4.39 Å². The van der Waals surface area contributed by atoms with Crippen molar-refractivity contribution in [3.63, 3.8) is 0 Å².